The van der Waals surface area contributed by atoms with Crippen LogP contribution in [0.4, 0.5) is 15.8 Å². The molecule has 2 unspecified atom stereocenters. The van der Waals surface area contributed by atoms with Crippen molar-refractivity contribution in [1.82, 2.24) is 0 Å². The van der Waals surface area contributed by atoms with Crippen molar-refractivity contribution in [1.29, 1.82) is 0 Å². The second-order valence-electron chi connectivity index (χ2n) is 8.20. The Hall–Kier alpha value is -2.37. The van der Waals surface area contributed by atoms with Crippen LogP contribution in [0.1, 0.15) is 54.9 Å². The molecule has 0 amide bonds. The van der Waals surface area contributed by atoms with Gasteiger partial charge in [-0.05, 0) is 45.1 Å². The lowest BCUT2D eigenvalue weighted by atomic mass is 9.87. The fraction of sp³-hybridized carbons (Fsp3) is 0.545. The van der Waals surface area contributed by atoms with Crippen molar-refractivity contribution in [2.75, 3.05) is 29.5 Å². The molecule has 0 N–H and O–H groups in total. The highest BCUT2D eigenvalue weighted by Gasteiger charge is 2.45. The predicted molar refractivity (Wildman–Crippen MR) is 105 cm³/mol. The maximum Gasteiger partial charge on any atom is 0.318 e. The Morgan fingerprint density at radius 1 is 1.21 bits per heavy atom. The molecule has 0 bridgehead atoms. The minimum atomic E-state index is -0.875. The smallest absolute Gasteiger partial charge is 0.318 e. The summed E-state index contributed by atoms with van der Waals surface area (Å²) in [6, 6.07) is 2.00. The number of hydrogen-bond donors (Lipinski definition) is 0. The monoisotopic (exact) mass is 384 g/mol. The van der Waals surface area contributed by atoms with Crippen LogP contribution in [-0.2, 0) is 9.53 Å². The highest BCUT2D eigenvalue weighted by molar-refractivity contribution is 6.15. The van der Waals surface area contributed by atoms with Gasteiger partial charge in [-0.1, -0.05) is 12.2 Å². The SMILES string of the molecule is CCOC(=O)C1CN(C2CC2)c2c(cc(F)c3c2C=CCC2CCCN32)C1=O. The van der Waals surface area contributed by atoms with Crippen molar-refractivity contribution in [2.24, 2.45) is 5.92 Å². The Bertz CT molecular complexity index is 877. The minimum absolute atomic E-state index is 0.233. The standard InChI is InChI=1S/C22H25FN2O3/c1-2-28-22(27)17-12-25(14-8-9-14)19-15-7-3-5-13-6-4-10-24(13)20(15)18(23)11-16(19)21(17)26/h3,7,11,13-14,17H,2,4-6,8-10,12H2,1H3. The average molecular weight is 384 g/mol. The van der Waals surface area contributed by atoms with E-state index in [1.54, 1.807) is 6.92 Å². The van der Waals surface area contributed by atoms with Gasteiger partial charge in [0, 0.05) is 36.3 Å². The molecule has 148 valence electrons. The summed E-state index contributed by atoms with van der Waals surface area (Å²) in [6.45, 7) is 3.13. The lowest BCUT2D eigenvalue weighted by Crippen LogP contribution is -2.45. The summed E-state index contributed by atoms with van der Waals surface area (Å²) in [7, 11) is 0. The third kappa shape index (κ3) is 2.65. The molecule has 0 spiro atoms. The zero-order valence-electron chi connectivity index (χ0n) is 16.1. The number of hydrogen-bond acceptors (Lipinski definition) is 5. The van der Waals surface area contributed by atoms with E-state index < -0.39 is 11.9 Å². The molecule has 3 aliphatic heterocycles. The van der Waals surface area contributed by atoms with Gasteiger partial charge < -0.3 is 14.5 Å². The first-order valence-electron chi connectivity index (χ1n) is 10.4. The largest absolute Gasteiger partial charge is 0.465 e. The number of Topliss-reactive ketones (excluding diaryl/α,β-unsaturated/α-hetero) is 1. The van der Waals surface area contributed by atoms with Crippen molar-refractivity contribution in [3.63, 3.8) is 0 Å². The third-order valence-corrected chi connectivity index (χ3v) is 6.43. The molecule has 1 aromatic rings. The van der Waals surface area contributed by atoms with Crippen molar-refractivity contribution in [2.45, 2.75) is 51.1 Å². The molecular formula is C22H25FN2O3. The first kappa shape index (κ1) is 17.7. The molecule has 1 saturated heterocycles. The van der Waals surface area contributed by atoms with Crippen LogP contribution in [0.25, 0.3) is 6.08 Å². The van der Waals surface area contributed by atoms with E-state index in [4.69, 9.17) is 4.74 Å². The summed E-state index contributed by atoms with van der Waals surface area (Å²) in [5.41, 5.74) is 2.58. The molecule has 28 heavy (non-hydrogen) atoms. The first-order valence-corrected chi connectivity index (χ1v) is 10.4. The van der Waals surface area contributed by atoms with Crippen LogP contribution in [0.5, 0.6) is 0 Å². The number of ether oxygens (including phenoxy) is 1. The van der Waals surface area contributed by atoms with Gasteiger partial charge in [-0.25, -0.2) is 4.39 Å². The summed E-state index contributed by atoms with van der Waals surface area (Å²) in [6.07, 6.45) is 9.19. The van der Waals surface area contributed by atoms with Crippen LogP contribution in [0.15, 0.2) is 12.1 Å². The maximum absolute atomic E-state index is 15.3. The predicted octanol–water partition coefficient (Wildman–Crippen LogP) is 3.56. The van der Waals surface area contributed by atoms with E-state index in [1.165, 1.54) is 6.07 Å². The van der Waals surface area contributed by atoms with E-state index in [0.717, 1.165) is 49.9 Å². The van der Waals surface area contributed by atoms with Crippen LogP contribution < -0.4 is 9.80 Å². The lowest BCUT2D eigenvalue weighted by molar-refractivity contribution is -0.145. The fourth-order valence-corrected chi connectivity index (χ4v) is 5.02. The van der Waals surface area contributed by atoms with Crippen molar-refractivity contribution < 1.29 is 18.7 Å². The second kappa shape index (κ2) is 6.61. The Labute approximate surface area is 164 Å². The van der Waals surface area contributed by atoms with Gasteiger partial charge in [-0.15, -0.1) is 0 Å². The van der Waals surface area contributed by atoms with E-state index in [1.807, 2.05) is 6.08 Å². The molecule has 5 nitrogen and oxygen atoms in total. The van der Waals surface area contributed by atoms with E-state index in [-0.39, 0.29) is 18.2 Å². The number of halogens is 1. The summed E-state index contributed by atoms with van der Waals surface area (Å²) in [5.74, 6) is -2.06. The van der Waals surface area contributed by atoms with Crippen molar-refractivity contribution >= 4 is 29.2 Å². The van der Waals surface area contributed by atoms with Gasteiger partial charge in [0.05, 0.1) is 18.0 Å². The van der Waals surface area contributed by atoms with Crippen molar-refractivity contribution in [3.05, 3.63) is 29.1 Å². The number of carbonyl (C=O) groups excluding carboxylic acids is 2. The zero-order valence-corrected chi connectivity index (χ0v) is 16.1. The second-order valence-corrected chi connectivity index (χ2v) is 8.20. The number of esters is 1. The fourth-order valence-electron chi connectivity index (χ4n) is 5.02. The number of benzene rings is 1. The van der Waals surface area contributed by atoms with E-state index in [2.05, 4.69) is 15.9 Å². The Balaban J connectivity index is 1.67. The van der Waals surface area contributed by atoms with Gasteiger partial charge in [-0.2, -0.15) is 0 Å². The normalized spacial score (nSPS) is 25.9. The van der Waals surface area contributed by atoms with Crippen molar-refractivity contribution in [3.8, 4) is 0 Å². The van der Waals surface area contributed by atoms with E-state index in [9.17, 15) is 9.59 Å². The molecular weight excluding hydrogens is 359 g/mol. The van der Waals surface area contributed by atoms with Crippen LogP contribution in [-0.4, -0.2) is 43.5 Å². The van der Waals surface area contributed by atoms with Gasteiger partial charge in [0.15, 0.2) is 5.78 Å². The quantitative estimate of drug-likeness (QED) is 0.589. The Kier molecular flexibility index (Phi) is 4.18. The van der Waals surface area contributed by atoms with Crippen LogP contribution in [0.2, 0.25) is 0 Å². The molecule has 2 atom stereocenters. The Morgan fingerprint density at radius 2 is 2.04 bits per heavy atom. The number of ketones is 1. The highest BCUT2D eigenvalue weighted by atomic mass is 19.1. The van der Waals surface area contributed by atoms with Gasteiger partial charge in [0.1, 0.15) is 11.7 Å². The molecule has 4 aliphatic rings. The lowest BCUT2D eigenvalue weighted by Gasteiger charge is -2.37. The number of fused-ring (bicyclic) bond motifs is 5. The number of nitrogens with zero attached hydrogens (tertiary/aromatic N) is 2. The molecule has 0 radical (unpaired) electrons. The average Bonchev–Trinajstić information content (AvgIpc) is 3.45. The summed E-state index contributed by atoms with van der Waals surface area (Å²) < 4.78 is 20.4. The maximum atomic E-state index is 15.3. The van der Waals surface area contributed by atoms with E-state index >= 15 is 4.39 Å². The zero-order chi connectivity index (χ0) is 19.4. The van der Waals surface area contributed by atoms with Crippen LogP contribution in [0.3, 0.4) is 0 Å². The highest BCUT2D eigenvalue weighted by Crippen LogP contribution is 2.47. The molecule has 1 saturated carbocycles. The summed E-state index contributed by atoms with van der Waals surface area (Å²) in [5, 5.41) is 0. The molecule has 0 aromatic heterocycles. The van der Waals surface area contributed by atoms with Gasteiger partial charge in [0.2, 0.25) is 0 Å². The van der Waals surface area contributed by atoms with Crippen LogP contribution >= 0.6 is 0 Å². The summed E-state index contributed by atoms with van der Waals surface area (Å²) in [4.78, 5) is 29.9. The number of carbonyl (C=O) groups is 2. The summed E-state index contributed by atoms with van der Waals surface area (Å²) >= 11 is 0. The molecule has 6 heteroatoms. The Morgan fingerprint density at radius 3 is 2.79 bits per heavy atom. The van der Waals surface area contributed by atoms with Gasteiger partial charge in [0.25, 0.3) is 0 Å². The molecule has 2 fully saturated rings. The van der Waals surface area contributed by atoms with Gasteiger partial charge >= 0.3 is 5.97 Å². The van der Waals surface area contributed by atoms with Crippen LogP contribution in [0, 0.1) is 11.7 Å². The third-order valence-electron chi connectivity index (χ3n) is 6.43. The first-order chi connectivity index (χ1) is 13.6. The molecule has 1 aromatic carbocycles. The van der Waals surface area contributed by atoms with Gasteiger partial charge in [-0.3, -0.25) is 9.59 Å². The number of rotatable bonds is 3. The number of anilines is 2. The molecule has 5 rings (SSSR count). The molecule has 1 aliphatic carbocycles. The topological polar surface area (TPSA) is 49.9 Å². The minimum Gasteiger partial charge on any atom is -0.465 e. The molecule has 3 heterocycles. The van der Waals surface area contributed by atoms with E-state index in [0.29, 0.717) is 29.9 Å².